The van der Waals surface area contributed by atoms with Crippen molar-refractivity contribution in [3.8, 4) is 0 Å². The lowest BCUT2D eigenvalue weighted by Crippen LogP contribution is -2.65. The van der Waals surface area contributed by atoms with Crippen LogP contribution in [0.2, 0.25) is 0 Å². The SMILES string of the molecule is CC(C)C[C@@H]1COC2CC(Cl)NC(N2)NS(=O)(=O)C2CCCC(C2)CN1C1CC2(CC2)C1. The minimum Gasteiger partial charge on any atom is -0.362 e. The monoisotopic (exact) mass is 488 g/mol. The van der Waals surface area contributed by atoms with Gasteiger partial charge in [-0.2, -0.15) is 4.72 Å². The van der Waals surface area contributed by atoms with Gasteiger partial charge in [0.25, 0.3) is 0 Å². The highest BCUT2D eigenvalue weighted by atomic mass is 35.5. The van der Waals surface area contributed by atoms with Gasteiger partial charge in [-0.25, -0.2) is 8.42 Å². The molecule has 1 spiro atoms. The summed E-state index contributed by atoms with van der Waals surface area (Å²) in [7, 11) is -3.45. The van der Waals surface area contributed by atoms with E-state index >= 15 is 0 Å². The molecule has 0 amide bonds. The van der Waals surface area contributed by atoms with Gasteiger partial charge >= 0.3 is 0 Å². The Hall–Kier alpha value is 0.0400. The Labute approximate surface area is 198 Å². The summed E-state index contributed by atoms with van der Waals surface area (Å²) >= 11 is 6.44. The molecule has 5 fully saturated rings. The van der Waals surface area contributed by atoms with Gasteiger partial charge in [-0.15, -0.1) is 11.6 Å². The summed E-state index contributed by atoms with van der Waals surface area (Å²) < 4.78 is 35.7. The van der Waals surface area contributed by atoms with Crippen LogP contribution in [0.3, 0.4) is 0 Å². The van der Waals surface area contributed by atoms with E-state index in [9.17, 15) is 8.42 Å². The number of nitrogens with zero attached hydrogens (tertiary/aromatic N) is 1. The van der Waals surface area contributed by atoms with Crippen molar-refractivity contribution in [1.29, 1.82) is 0 Å². The van der Waals surface area contributed by atoms with Gasteiger partial charge in [-0.1, -0.05) is 20.3 Å². The number of nitrogens with one attached hydrogen (secondary N) is 3. The highest BCUT2D eigenvalue weighted by molar-refractivity contribution is 7.90. The molecule has 0 aromatic heterocycles. The van der Waals surface area contributed by atoms with Crippen LogP contribution in [0.4, 0.5) is 0 Å². The molecule has 2 aliphatic heterocycles. The molecule has 0 aromatic carbocycles. The van der Waals surface area contributed by atoms with E-state index in [2.05, 4.69) is 34.1 Å². The van der Waals surface area contributed by atoms with E-state index in [1.807, 2.05) is 0 Å². The number of ether oxygens (including phenoxy) is 1. The number of halogens is 1. The van der Waals surface area contributed by atoms with E-state index in [-0.39, 0.29) is 17.0 Å². The molecule has 9 heteroatoms. The predicted octanol–water partition coefficient (Wildman–Crippen LogP) is 2.91. The zero-order valence-electron chi connectivity index (χ0n) is 19.6. The first-order valence-electron chi connectivity index (χ1n) is 12.8. The topological polar surface area (TPSA) is 82.7 Å². The molecule has 3 aliphatic carbocycles. The van der Waals surface area contributed by atoms with Crippen LogP contribution < -0.4 is 15.4 Å². The van der Waals surface area contributed by atoms with Gasteiger partial charge < -0.3 is 4.74 Å². The van der Waals surface area contributed by atoms with Crippen LogP contribution >= 0.6 is 11.6 Å². The molecular weight excluding hydrogens is 448 g/mol. The summed E-state index contributed by atoms with van der Waals surface area (Å²) in [5, 5.41) is 6.09. The van der Waals surface area contributed by atoms with Crippen LogP contribution in [0, 0.1) is 17.3 Å². The summed E-state index contributed by atoms with van der Waals surface area (Å²) in [4.78, 5) is 2.74. The Balaban J connectivity index is 1.41. The molecule has 4 bridgehead atoms. The number of sulfonamides is 1. The van der Waals surface area contributed by atoms with Gasteiger partial charge in [0.15, 0.2) is 0 Å². The van der Waals surface area contributed by atoms with Gasteiger partial charge in [0.05, 0.1) is 17.4 Å². The zero-order chi connectivity index (χ0) is 22.5. The van der Waals surface area contributed by atoms with Crippen LogP contribution in [0.25, 0.3) is 0 Å². The predicted molar refractivity (Wildman–Crippen MR) is 126 cm³/mol. The standard InChI is InChI=1S/C23H41ClN4O3S/c1-15(2)8-17-14-31-21-10-20(24)25-22(26-21)27-32(29,30)19-5-3-4-16(9-19)13-28(17)18-11-23(12-18)6-7-23/h15-22,25-27H,3-14H2,1-2H3/t16?,17-,19?,20?,21?,22?/m1/s1. The first kappa shape index (κ1) is 23.8. The Bertz CT molecular complexity index is 769. The fraction of sp³-hybridized carbons (Fsp3) is 1.00. The maximum Gasteiger partial charge on any atom is 0.216 e. The maximum absolute atomic E-state index is 13.2. The molecule has 5 unspecified atom stereocenters. The summed E-state index contributed by atoms with van der Waals surface area (Å²) in [6, 6.07) is 0.991. The lowest BCUT2D eigenvalue weighted by molar-refractivity contribution is -0.0655. The first-order valence-corrected chi connectivity index (χ1v) is 14.7. The van der Waals surface area contributed by atoms with Crippen LogP contribution in [0.15, 0.2) is 0 Å². The molecule has 3 saturated carbocycles. The van der Waals surface area contributed by atoms with E-state index in [0.29, 0.717) is 42.4 Å². The average molecular weight is 489 g/mol. The molecule has 0 aromatic rings. The van der Waals surface area contributed by atoms with Gasteiger partial charge in [0, 0.05) is 25.0 Å². The van der Waals surface area contributed by atoms with Crippen LogP contribution in [-0.2, 0) is 14.8 Å². The molecule has 5 aliphatic rings. The Morgan fingerprint density at radius 2 is 1.94 bits per heavy atom. The first-order chi connectivity index (χ1) is 15.2. The van der Waals surface area contributed by atoms with Crippen molar-refractivity contribution < 1.29 is 13.2 Å². The summed E-state index contributed by atoms with van der Waals surface area (Å²) in [5.74, 6) is 1.02. The second-order valence-electron chi connectivity index (χ2n) is 11.7. The van der Waals surface area contributed by atoms with Crippen molar-refractivity contribution in [2.45, 2.75) is 113 Å². The van der Waals surface area contributed by atoms with Crippen molar-refractivity contribution in [2.24, 2.45) is 17.3 Å². The molecule has 2 heterocycles. The lowest BCUT2D eigenvalue weighted by atomic mass is 9.74. The maximum atomic E-state index is 13.2. The summed E-state index contributed by atoms with van der Waals surface area (Å²) in [6.07, 6.45) is 9.88. The Kier molecular flexibility index (Phi) is 6.87. The van der Waals surface area contributed by atoms with E-state index in [1.54, 1.807) is 0 Å². The van der Waals surface area contributed by atoms with Crippen molar-refractivity contribution in [1.82, 2.24) is 20.3 Å². The Morgan fingerprint density at radius 3 is 2.66 bits per heavy atom. The van der Waals surface area contributed by atoms with Crippen molar-refractivity contribution in [2.75, 3.05) is 13.2 Å². The van der Waals surface area contributed by atoms with Crippen molar-refractivity contribution in [3.05, 3.63) is 0 Å². The van der Waals surface area contributed by atoms with Gasteiger partial charge in [-0.05, 0) is 68.6 Å². The molecule has 3 N–H and O–H groups in total. The molecule has 32 heavy (non-hydrogen) atoms. The van der Waals surface area contributed by atoms with Crippen LogP contribution in [-0.4, -0.2) is 61.8 Å². The fourth-order valence-corrected chi connectivity index (χ4v) is 8.54. The Morgan fingerprint density at radius 1 is 1.16 bits per heavy atom. The zero-order valence-corrected chi connectivity index (χ0v) is 21.1. The molecule has 0 radical (unpaired) electrons. The summed E-state index contributed by atoms with van der Waals surface area (Å²) in [6.45, 7) is 6.26. The number of alkyl halides is 1. The quantitative estimate of drug-likeness (QED) is 0.418. The number of fused-ring (bicyclic) bond motifs is 4. The molecule has 5 rings (SSSR count). The van der Waals surface area contributed by atoms with Crippen molar-refractivity contribution in [3.63, 3.8) is 0 Å². The van der Waals surface area contributed by atoms with E-state index in [0.717, 1.165) is 38.6 Å². The smallest absolute Gasteiger partial charge is 0.216 e. The van der Waals surface area contributed by atoms with Gasteiger partial charge in [0.1, 0.15) is 12.5 Å². The molecule has 2 saturated heterocycles. The molecule has 7 nitrogen and oxygen atoms in total. The third kappa shape index (κ3) is 5.31. The second kappa shape index (κ2) is 9.25. The lowest BCUT2D eigenvalue weighted by Gasteiger charge is -2.49. The molecule has 184 valence electrons. The molecule has 6 atom stereocenters. The molecular formula is C23H41ClN4O3S. The highest BCUT2D eigenvalue weighted by Crippen LogP contribution is 2.62. The largest absolute Gasteiger partial charge is 0.362 e. The normalized spacial score (nSPS) is 42.5. The van der Waals surface area contributed by atoms with Crippen LogP contribution in [0.5, 0.6) is 0 Å². The summed E-state index contributed by atoms with van der Waals surface area (Å²) in [5.41, 5.74) is 0.312. The van der Waals surface area contributed by atoms with E-state index in [4.69, 9.17) is 16.3 Å². The third-order valence-electron chi connectivity index (χ3n) is 8.51. The van der Waals surface area contributed by atoms with Crippen LogP contribution in [0.1, 0.15) is 78.1 Å². The number of rotatable bonds is 3. The minimum absolute atomic E-state index is 0.265. The van der Waals surface area contributed by atoms with Gasteiger partial charge in [0.2, 0.25) is 10.0 Å². The second-order valence-corrected chi connectivity index (χ2v) is 14.2. The van der Waals surface area contributed by atoms with Crippen molar-refractivity contribution >= 4 is 21.6 Å². The number of hydrogen-bond donors (Lipinski definition) is 3. The van der Waals surface area contributed by atoms with E-state index in [1.165, 1.54) is 25.7 Å². The highest BCUT2D eigenvalue weighted by Gasteiger charge is 2.55. The fourth-order valence-electron chi connectivity index (χ4n) is 6.60. The van der Waals surface area contributed by atoms with Gasteiger partial charge in [-0.3, -0.25) is 15.5 Å². The minimum atomic E-state index is -3.45. The number of hydrogen-bond acceptors (Lipinski definition) is 6. The third-order valence-corrected chi connectivity index (χ3v) is 10.7. The van der Waals surface area contributed by atoms with E-state index < -0.39 is 16.3 Å². The average Bonchev–Trinajstić information content (AvgIpc) is 3.48.